The minimum Gasteiger partial charge on any atom is -0.355 e. The van der Waals surface area contributed by atoms with E-state index >= 15 is 0 Å². The van der Waals surface area contributed by atoms with Gasteiger partial charge in [-0.2, -0.15) is 0 Å². The van der Waals surface area contributed by atoms with Crippen LogP contribution in [-0.4, -0.2) is 43.8 Å². The molecular formula is C29H27NO4. The van der Waals surface area contributed by atoms with E-state index < -0.39 is 23.5 Å². The molecule has 5 heteroatoms. The van der Waals surface area contributed by atoms with Crippen molar-refractivity contribution in [1.82, 2.24) is 4.90 Å². The van der Waals surface area contributed by atoms with Crippen molar-refractivity contribution in [2.45, 2.75) is 24.0 Å². The van der Waals surface area contributed by atoms with Crippen molar-refractivity contribution in [3.63, 3.8) is 0 Å². The lowest BCUT2D eigenvalue weighted by atomic mass is 9.47. The fourth-order valence-electron chi connectivity index (χ4n) is 6.86. The lowest BCUT2D eigenvalue weighted by Gasteiger charge is -2.56. The van der Waals surface area contributed by atoms with Crippen LogP contribution in [0.25, 0.3) is 0 Å². The molecule has 0 N–H and O–H groups in total. The van der Waals surface area contributed by atoms with Crippen LogP contribution in [0.1, 0.15) is 33.7 Å². The lowest BCUT2D eigenvalue weighted by Crippen LogP contribution is -2.60. The van der Waals surface area contributed by atoms with Crippen LogP contribution >= 0.6 is 0 Å². The molecule has 1 aliphatic heterocycles. The van der Waals surface area contributed by atoms with Gasteiger partial charge < -0.3 is 9.47 Å². The van der Waals surface area contributed by atoms with Crippen LogP contribution in [0.4, 0.5) is 0 Å². The zero-order chi connectivity index (χ0) is 23.4. The quantitative estimate of drug-likeness (QED) is 0.420. The summed E-state index contributed by atoms with van der Waals surface area (Å²) in [5.74, 6) is -1.42. The number of likely N-dealkylation sites (tertiary alicyclic amines) is 1. The second kappa shape index (κ2) is 7.90. The standard InChI is InChI=1S/C29H27NO4/c1-33-28(34-2)29-21-14-8-6-12-19(21)23(20-13-7-9-15-22(20)29)24-25(29)27(32)30(26(24)31)17-16-18-10-4-3-5-11-18/h3-15,23-25,28H,16-17H2,1-2H3/t23?,24-,25+,29?/m1/s1. The van der Waals surface area contributed by atoms with E-state index in [0.29, 0.717) is 13.0 Å². The Bertz CT molecular complexity index is 1220. The number of hydrogen-bond donors (Lipinski definition) is 0. The predicted octanol–water partition coefficient (Wildman–Crippen LogP) is 3.89. The van der Waals surface area contributed by atoms with Gasteiger partial charge in [0, 0.05) is 26.7 Å². The van der Waals surface area contributed by atoms with Crippen molar-refractivity contribution in [2.24, 2.45) is 11.8 Å². The molecule has 0 radical (unpaired) electrons. The first kappa shape index (κ1) is 21.3. The molecule has 4 aliphatic rings. The summed E-state index contributed by atoms with van der Waals surface area (Å²) in [5, 5.41) is 0. The van der Waals surface area contributed by atoms with Crippen LogP contribution in [-0.2, 0) is 30.9 Å². The number of nitrogens with zero attached hydrogens (tertiary/aromatic N) is 1. The summed E-state index contributed by atoms with van der Waals surface area (Å²) in [7, 11) is 3.22. The van der Waals surface area contributed by atoms with Gasteiger partial charge in [-0.25, -0.2) is 0 Å². The highest BCUT2D eigenvalue weighted by Crippen LogP contribution is 2.65. The Morgan fingerprint density at radius 3 is 1.94 bits per heavy atom. The summed E-state index contributed by atoms with van der Waals surface area (Å²) < 4.78 is 11.8. The van der Waals surface area contributed by atoms with Crippen molar-refractivity contribution < 1.29 is 19.1 Å². The van der Waals surface area contributed by atoms with Gasteiger partial charge in [0.2, 0.25) is 11.8 Å². The molecule has 34 heavy (non-hydrogen) atoms. The third-order valence-electron chi connectivity index (χ3n) is 8.04. The predicted molar refractivity (Wildman–Crippen MR) is 127 cm³/mol. The van der Waals surface area contributed by atoms with Crippen LogP contribution < -0.4 is 0 Å². The lowest BCUT2D eigenvalue weighted by molar-refractivity contribution is -0.169. The highest BCUT2D eigenvalue weighted by molar-refractivity contribution is 6.08. The maximum Gasteiger partial charge on any atom is 0.234 e. The zero-order valence-corrected chi connectivity index (χ0v) is 19.3. The molecule has 2 bridgehead atoms. The molecule has 2 amide bonds. The second-order valence-corrected chi connectivity index (χ2v) is 9.39. The van der Waals surface area contributed by atoms with Crippen LogP contribution in [0.3, 0.4) is 0 Å². The Morgan fingerprint density at radius 2 is 1.35 bits per heavy atom. The number of carbonyl (C=O) groups is 2. The molecule has 2 atom stereocenters. The molecule has 0 saturated carbocycles. The molecule has 1 fully saturated rings. The molecule has 7 rings (SSSR count). The number of rotatable bonds is 6. The molecule has 5 nitrogen and oxygen atoms in total. The van der Waals surface area contributed by atoms with E-state index in [4.69, 9.17) is 9.47 Å². The third kappa shape index (κ3) is 2.62. The topological polar surface area (TPSA) is 55.8 Å². The second-order valence-electron chi connectivity index (χ2n) is 9.39. The van der Waals surface area contributed by atoms with Gasteiger partial charge in [-0.1, -0.05) is 78.9 Å². The minimum atomic E-state index is -0.898. The van der Waals surface area contributed by atoms with Gasteiger partial charge in [0.1, 0.15) is 0 Å². The third-order valence-corrected chi connectivity index (χ3v) is 8.04. The number of ether oxygens (including phenoxy) is 2. The van der Waals surface area contributed by atoms with Crippen molar-refractivity contribution in [1.29, 1.82) is 0 Å². The zero-order valence-electron chi connectivity index (χ0n) is 19.3. The van der Waals surface area contributed by atoms with Crippen LogP contribution in [0, 0.1) is 11.8 Å². The maximum atomic E-state index is 14.1. The summed E-state index contributed by atoms with van der Waals surface area (Å²) in [6.45, 7) is 0.370. The number of methoxy groups -OCH3 is 2. The Morgan fingerprint density at radius 1 is 0.794 bits per heavy atom. The summed E-state index contributed by atoms with van der Waals surface area (Å²) >= 11 is 0. The number of imide groups is 1. The van der Waals surface area contributed by atoms with E-state index in [-0.39, 0.29) is 17.7 Å². The molecule has 3 aromatic carbocycles. The van der Waals surface area contributed by atoms with Crippen molar-refractivity contribution in [2.75, 3.05) is 20.8 Å². The first-order chi connectivity index (χ1) is 16.6. The van der Waals surface area contributed by atoms with Crippen LogP contribution in [0.5, 0.6) is 0 Å². The highest BCUT2D eigenvalue weighted by atomic mass is 16.7. The van der Waals surface area contributed by atoms with E-state index in [2.05, 4.69) is 24.3 Å². The monoisotopic (exact) mass is 453 g/mol. The maximum absolute atomic E-state index is 14.1. The van der Waals surface area contributed by atoms with Crippen molar-refractivity contribution in [3.8, 4) is 0 Å². The van der Waals surface area contributed by atoms with Gasteiger partial charge in [-0.3, -0.25) is 14.5 Å². The Kier molecular flexibility index (Phi) is 4.94. The van der Waals surface area contributed by atoms with Gasteiger partial charge >= 0.3 is 0 Å². The molecule has 1 saturated heterocycles. The summed E-state index contributed by atoms with van der Waals surface area (Å²) in [5.41, 5.74) is 4.44. The molecule has 172 valence electrons. The molecule has 3 aliphatic carbocycles. The molecule has 1 heterocycles. The number of carbonyl (C=O) groups excluding carboxylic acids is 2. The summed E-state index contributed by atoms with van der Waals surface area (Å²) in [4.78, 5) is 29.6. The number of benzene rings is 3. The van der Waals surface area contributed by atoms with E-state index in [0.717, 1.165) is 27.8 Å². The van der Waals surface area contributed by atoms with E-state index in [1.54, 1.807) is 14.2 Å². The minimum absolute atomic E-state index is 0.0877. The van der Waals surface area contributed by atoms with Gasteiger partial charge in [-0.05, 0) is 34.2 Å². The highest BCUT2D eigenvalue weighted by Gasteiger charge is 2.70. The van der Waals surface area contributed by atoms with E-state index in [9.17, 15) is 9.59 Å². The van der Waals surface area contributed by atoms with Gasteiger partial charge in [0.15, 0.2) is 6.29 Å². The Balaban J connectivity index is 1.54. The van der Waals surface area contributed by atoms with Gasteiger partial charge in [0.05, 0.1) is 17.3 Å². The first-order valence-electron chi connectivity index (χ1n) is 11.8. The summed E-state index contributed by atoms with van der Waals surface area (Å²) in [6, 6.07) is 26.3. The fourth-order valence-corrected chi connectivity index (χ4v) is 6.86. The average Bonchev–Trinajstić information content (AvgIpc) is 3.14. The summed E-state index contributed by atoms with van der Waals surface area (Å²) in [6.07, 6.45) is -0.0813. The van der Waals surface area contributed by atoms with E-state index in [1.807, 2.05) is 54.6 Å². The fraction of sp³-hybridized carbons (Fsp3) is 0.310. The smallest absolute Gasteiger partial charge is 0.234 e. The average molecular weight is 454 g/mol. The normalized spacial score (nSPS) is 26.6. The molecule has 0 spiro atoms. The van der Waals surface area contributed by atoms with E-state index in [1.165, 1.54) is 4.90 Å². The molecule has 0 unspecified atom stereocenters. The number of hydrogen-bond acceptors (Lipinski definition) is 4. The number of amides is 2. The first-order valence-corrected chi connectivity index (χ1v) is 11.8. The van der Waals surface area contributed by atoms with Crippen LogP contribution in [0.15, 0.2) is 78.9 Å². The Hall–Kier alpha value is -3.28. The molecule has 0 aromatic heterocycles. The molecule has 3 aromatic rings. The SMILES string of the molecule is COC(OC)C12c3ccccc3C(c3ccccc31)[C@H]1C(=O)N(CCc3ccccc3)C(=O)[C@H]12. The van der Waals surface area contributed by atoms with Gasteiger partial charge in [0.25, 0.3) is 0 Å². The van der Waals surface area contributed by atoms with Crippen LogP contribution in [0.2, 0.25) is 0 Å². The van der Waals surface area contributed by atoms with Gasteiger partial charge in [-0.15, -0.1) is 0 Å². The Labute approximate surface area is 199 Å². The largest absolute Gasteiger partial charge is 0.355 e. The molecular weight excluding hydrogens is 426 g/mol. The van der Waals surface area contributed by atoms with Crippen molar-refractivity contribution >= 4 is 11.8 Å². The van der Waals surface area contributed by atoms with Crippen molar-refractivity contribution in [3.05, 3.63) is 107 Å².